The molecule has 0 radical (unpaired) electrons. The Morgan fingerprint density at radius 2 is 2.03 bits per heavy atom. The van der Waals surface area contributed by atoms with Crippen LogP contribution < -0.4 is 0 Å². The van der Waals surface area contributed by atoms with Crippen molar-refractivity contribution >= 4 is 5.78 Å². The number of hydrogen-bond donors (Lipinski definition) is 1. The molecule has 2 aliphatic rings. The van der Waals surface area contributed by atoms with E-state index in [2.05, 4.69) is 47.1 Å². The van der Waals surface area contributed by atoms with Crippen molar-refractivity contribution in [3.05, 3.63) is 65.0 Å². The zero-order valence-electron chi connectivity index (χ0n) is 17.6. The lowest BCUT2D eigenvalue weighted by Gasteiger charge is -2.39. The molecule has 154 valence electrons. The molecular weight excluding hydrogens is 360 g/mol. The molecule has 4 rings (SSSR count). The average molecular weight is 393 g/mol. The monoisotopic (exact) mass is 392 g/mol. The van der Waals surface area contributed by atoms with E-state index in [4.69, 9.17) is 0 Å². The van der Waals surface area contributed by atoms with Crippen molar-refractivity contribution in [1.82, 2.24) is 9.88 Å². The number of carbonyl (C=O) groups is 1. The van der Waals surface area contributed by atoms with Crippen LogP contribution >= 0.6 is 0 Å². The van der Waals surface area contributed by atoms with Crippen LogP contribution in [0.15, 0.2) is 42.6 Å². The minimum absolute atomic E-state index is 0.0550. The molecule has 1 N–H and O–H groups in total. The van der Waals surface area contributed by atoms with Gasteiger partial charge in [-0.25, -0.2) is 0 Å². The number of likely N-dealkylation sites (tertiary alicyclic amines) is 1. The van der Waals surface area contributed by atoms with Gasteiger partial charge in [0.25, 0.3) is 0 Å². The quantitative estimate of drug-likeness (QED) is 0.797. The fraction of sp³-hybridized carbons (Fsp3) is 0.520. The summed E-state index contributed by atoms with van der Waals surface area (Å²) in [6, 6.07) is 12.5. The minimum Gasteiger partial charge on any atom is -0.387 e. The van der Waals surface area contributed by atoms with Gasteiger partial charge in [0.1, 0.15) is 5.78 Å². The molecule has 4 atom stereocenters. The van der Waals surface area contributed by atoms with Gasteiger partial charge >= 0.3 is 0 Å². The molecule has 2 aromatic rings. The second kappa shape index (κ2) is 8.76. The van der Waals surface area contributed by atoms with Gasteiger partial charge in [-0.2, -0.15) is 0 Å². The lowest BCUT2D eigenvalue weighted by molar-refractivity contribution is -0.123. The molecule has 2 unspecified atom stereocenters. The van der Waals surface area contributed by atoms with Crippen molar-refractivity contribution in [2.45, 2.75) is 51.6 Å². The van der Waals surface area contributed by atoms with E-state index in [0.717, 1.165) is 51.0 Å². The van der Waals surface area contributed by atoms with Crippen LogP contribution in [0.1, 0.15) is 60.6 Å². The van der Waals surface area contributed by atoms with Crippen molar-refractivity contribution in [3.63, 3.8) is 0 Å². The molecule has 0 spiro atoms. The second-order valence-electron chi connectivity index (χ2n) is 8.93. The Balaban J connectivity index is 1.44. The van der Waals surface area contributed by atoms with Crippen LogP contribution in [-0.4, -0.2) is 40.4 Å². The first kappa shape index (κ1) is 20.2. The highest BCUT2D eigenvalue weighted by Gasteiger charge is 2.35. The third-order valence-electron chi connectivity index (χ3n) is 6.94. The predicted molar refractivity (Wildman–Crippen MR) is 115 cm³/mol. The summed E-state index contributed by atoms with van der Waals surface area (Å²) >= 11 is 0. The fourth-order valence-electron chi connectivity index (χ4n) is 5.37. The van der Waals surface area contributed by atoms with Gasteiger partial charge < -0.3 is 10.0 Å². The number of benzene rings is 1. The molecule has 1 aromatic heterocycles. The van der Waals surface area contributed by atoms with Gasteiger partial charge in [-0.05, 0) is 80.7 Å². The van der Waals surface area contributed by atoms with Crippen LogP contribution in [0.5, 0.6) is 0 Å². The molecule has 1 saturated heterocycles. The number of piperidine rings is 1. The Hall–Kier alpha value is -2.04. The summed E-state index contributed by atoms with van der Waals surface area (Å²) in [6.07, 6.45) is 5.11. The summed E-state index contributed by atoms with van der Waals surface area (Å²) in [5.41, 5.74) is 4.66. The number of fused-ring (bicyclic) bond motifs is 1. The zero-order chi connectivity index (χ0) is 20.4. The smallest absolute Gasteiger partial charge is 0.134 e. The number of nitrogens with zero attached hydrogens (tertiary/aromatic N) is 2. The van der Waals surface area contributed by atoms with Crippen LogP contribution in [0, 0.1) is 18.8 Å². The fourth-order valence-corrected chi connectivity index (χ4v) is 5.37. The van der Waals surface area contributed by atoms with Gasteiger partial charge in [0.05, 0.1) is 11.8 Å². The molecule has 29 heavy (non-hydrogen) atoms. The van der Waals surface area contributed by atoms with E-state index in [0.29, 0.717) is 17.6 Å². The maximum Gasteiger partial charge on any atom is 0.134 e. The molecule has 1 fully saturated rings. The highest BCUT2D eigenvalue weighted by Crippen LogP contribution is 2.37. The largest absolute Gasteiger partial charge is 0.387 e. The number of aliphatic hydroxyl groups excluding tert-OH is 1. The molecule has 1 aliphatic carbocycles. The third-order valence-corrected chi connectivity index (χ3v) is 6.94. The molecule has 1 aromatic carbocycles. The van der Waals surface area contributed by atoms with Crippen LogP contribution in [0.4, 0.5) is 0 Å². The highest BCUT2D eigenvalue weighted by atomic mass is 16.3. The Morgan fingerprint density at radius 1 is 1.21 bits per heavy atom. The summed E-state index contributed by atoms with van der Waals surface area (Å²) in [7, 11) is 0. The van der Waals surface area contributed by atoms with E-state index >= 15 is 0 Å². The number of rotatable bonds is 4. The van der Waals surface area contributed by atoms with Crippen molar-refractivity contribution in [1.29, 1.82) is 0 Å². The molecule has 0 saturated carbocycles. The summed E-state index contributed by atoms with van der Waals surface area (Å²) in [5, 5.41) is 10.7. The van der Waals surface area contributed by atoms with Gasteiger partial charge in [-0.15, -0.1) is 0 Å². The first-order valence-electron chi connectivity index (χ1n) is 10.9. The van der Waals surface area contributed by atoms with Crippen LogP contribution in [0.25, 0.3) is 0 Å². The van der Waals surface area contributed by atoms with Gasteiger partial charge in [-0.3, -0.25) is 9.78 Å². The third kappa shape index (κ3) is 4.44. The predicted octanol–water partition coefficient (Wildman–Crippen LogP) is 4.07. The molecule has 4 nitrogen and oxygen atoms in total. The summed E-state index contributed by atoms with van der Waals surface area (Å²) < 4.78 is 0. The SMILES string of the molecule is CC(=O)C1CN(C[C@@H]2CCc3cccnc3[C@@H](O)C2)CCC1c1ccccc1C. The van der Waals surface area contributed by atoms with E-state index in [1.54, 1.807) is 13.1 Å². The Labute approximate surface area is 174 Å². The topological polar surface area (TPSA) is 53.4 Å². The maximum absolute atomic E-state index is 12.5. The average Bonchev–Trinajstić information content (AvgIpc) is 2.87. The van der Waals surface area contributed by atoms with Crippen LogP contribution in [0.3, 0.4) is 0 Å². The second-order valence-corrected chi connectivity index (χ2v) is 8.93. The zero-order valence-corrected chi connectivity index (χ0v) is 17.6. The van der Waals surface area contributed by atoms with Crippen LogP contribution in [0.2, 0.25) is 0 Å². The first-order chi connectivity index (χ1) is 14.0. The van der Waals surface area contributed by atoms with E-state index in [1.165, 1.54) is 16.7 Å². The standard InChI is InChI=1S/C25H32N2O2/c1-17-6-3-4-8-21(17)22-11-13-27(16-23(22)18(2)28)15-19-9-10-20-7-5-12-26-25(20)24(29)14-19/h3-8,12,19,22-24,29H,9-11,13-16H2,1-2H3/t19-,22?,23?,24+/m1/s1. The lowest BCUT2D eigenvalue weighted by atomic mass is 9.77. The van der Waals surface area contributed by atoms with Crippen LogP contribution in [-0.2, 0) is 11.2 Å². The lowest BCUT2D eigenvalue weighted by Crippen LogP contribution is -2.44. The molecule has 0 amide bonds. The van der Waals surface area contributed by atoms with Crippen molar-refractivity contribution < 1.29 is 9.90 Å². The number of pyridine rings is 1. The van der Waals surface area contributed by atoms with Gasteiger partial charge in [0.15, 0.2) is 0 Å². The first-order valence-corrected chi connectivity index (χ1v) is 10.9. The van der Waals surface area contributed by atoms with Gasteiger partial charge in [-0.1, -0.05) is 30.3 Å². The number of aliphatic hydroxyl groups is 1. The number of Topliss-reactive ketones (excluding diaryl/α,β-unsaturated/α-hetero) is 1. The van der Waals surface area contributed by atoms with E-state index < -0.39 is 6.10 Å². The maximum atomic E-state index is 12.5. The Morgan fingerprint density at radius 3 is 2.83 bits per heavy atom. The molecule has 4 heteroatoms. The normalized spacial score (nSPS) is 27.8. The number of hydrogen-bond acceptors (Lipinski definition) is 4. The number of carbonyl (C=O) groups excluding carboxylic acids is 1. The van der Waals surface area contributed by atoms with Crippen molar-refractivity contribution in [2.75, 3.05) is 19.6 Å². The van der Waals surface area contributed by atoms with Gasteiger partial charge in [0.2, 0.25) is 0 Å². The molecule has 0 bridgehead atoms. The molecule has 1 aliphatic heterocycles. The minimum atomic E-state index is -0.480. The summed E-state index contributed by atoms with van der Waals surface area (Å²) in [6.45, 7) is 6.69. The summed E-state index contributed by atoms with van der Waals surface area (Å²) in [4.78, 5) is 19.4. The number of ketones is 1. The van der Waals surface area contributed by atoms with E-state index in [-0.39, 0.29) is 5.92 Å². The molecular formula is C25H32N2O2. The van der Waals surface area contributed by atoms with Gasteiger partial charge in [0, 0.05) is 25.2 Å². The van der Waals surface area contributed by atoms with Crippen molar-refractivity contribution in [2.24, 2.45) is 11.8 Å². The number of aromatic nitrogens is 1. The Bertz CT molecular complexity index is 865. The van der Waals surface area contributed by atoms with E-state index in [1.807, 2.05) is 6.07 Å². The van der Waals surface area contributed by atoms with Crippen molar-refractivity contribution in [3.8, 4) is 0 Å². The van der Waals surface area contributed by atoms with E-state index in [9.17, 15) is 9.90 Å². The Kier molecular flexibility index (Phi) is 6.12. The number of aryl methyl sites for hydroxylation is 2. The summed E-state index contributed by atoms with van der Waals surface area (Å²) in [5.74, 6) is 1.10. The molecule has 2 heterocycles. The highest BCUT2D eigenvalue weighted by molar-refractivity contribution is 5.80.